The number of hydrogen-bond donors (Lipinski definition) is 1. The number of halogens is 4. The Labute approximate surface area is 104 Å². The van der Waals surface area contributed by atoms with E-state index < -0.39 is 11.7 Å². The van der Waals surface area contributed by atoms with Gasteiger partial charge in [0.2, 0.25) is 5.91 Å². The van der Waals surface area contributed by atoms with Crippen LogP contribution in [0.1, 0.15) is 11.1 Å². The van der Waals surface area contributed by atoms with Crippen molar-refractivity contribution in [3.05, 3.63) is 29.3 Å². The number of amides is 1. The summed E-state index contributed by atoms with van der Waals surface area (Å²) in [7, 11) is 0. The lowest BCUT2D eigenvalue weighted by atomic mass is 10.1. The number of benzene rings is 1. The van der Waals surface area contributed by atoms with Gasteiger partial charge in [0.15, 0.2) is 0 Å². The Kier molecular flexibility index (Phi) is 4.17. The first kappa shape index (κ1) is 13.3. The molecule has 0 unspecified atom stereocenters. The molecule has 0 heterocycles. The van der Waals surface area contributed by atoms with Gasteiger partial charge in [-0.3, -0.25) is 4.79 Å². The van der Waals surface area contributed by atoms with Crippen molar-refractivity contribution in [2.75, 3.05) is 9.74 Å². The molecule has 0 spiro atoms. The lowest BCUT2D eigenvalue weighted by molar-refractivity contribution is -0.137. The summed E-state index contributed by atoms with van der Waals surface area (Å²) in [4.78, 5) is 11.1. The van der Waals surface area contributed by atoms with Gasteiger partial charge in [0.25, 0.3) is 0 Å². The molecular weight excluding hydrogens is 334 g/mol. The number of carbonyl (C=O) groups is 1. The normalized spacial score (nSPS) is 11.3. The van der Waals surface area contributed by atoms with Crippen molar-refractivity contribution in [2.24, 2.45) is 0 Å². The summed E-state index contributed by atoms with van der Waals surface area (Å²) in [5, 5.41) is 2.40. The molecule has 0 bridgehead atoms. The van der Waals surface area contributed by atoms with E-state index in [0.717, 1.165) is 12.1 Å². The third kappa shape index (κ3) is 3.66. The predicted octanol–water partition coefficient (Wildman–Crippen LogP) is 3.39. The maximum atomic E-state index is 12.5. The summed E-state index contributed by atoms with van der Waals surface area (Å²) in [5.41, 5.74) is -0.121. The van der Waals surface area contributed by atoms with Gasteiger partial charge >= 0.3 is 6.18 Å². The first-order valence-electron chi connectivity index (χ1n) is 4.37. The molecule has 0 aliphatic heterocycles. The molecule has 0 atom stereocenters. The molecule has 0 saturated heterocycles. The lowest BCUT2D eigenvalue weighted by Crippen LogP contribution is -2.13. The van der Waals surface area contributed by atoms with Crippen molar-refractivity contribution in [1.29, 1.82) is 0 Å². The maximum Gasteiger partial charge on any atom is 0.416 e. The van der Waals surface area contributed by atoms with Crippen molar-refractivity contribution >= 4 is 34.2 Å². The summed E-state index contributed by atoms with van der Waals surface area (Å²) in [6.45, 7) is 1.55. The highest BCUT2D eigenvalue weighted by atomic mass is 127. The topological polar surface area (TPSA) is 29.1 Å². The molecule has 1 aromatic carbocycles. The third-order valence-corrected chi connectivity index (χ3v) is 2.50. The van der Waals surface area contributed by atoms with Crippen LogP contribution >= 0.6 is 22.6 Å². The maximum absolute atomic E-state index is 12.5. The number of carbonyl (C=O) groups excluding carboxylic acids is 1. The second kappa shape index (κ2) is 5.03. The zero-order chi connectivity index (χ0) is 12.3. The molecule has 0 aromatic heterocycles. The van der Waals surface area contributed by atoms with Crippen LogP contribution in [0.25, 0.3) is 0 Å². The predicted molar refractivity (Wildman–Crippen MR) is 63.7 cm³/mol. The smallest absolute Gasteiger partial charge is 0.325 e. The van der Waals surface area contributed by atoms with Gasteiger partial charge in [0.05, 0.1) is 9.99 Å². The van der Waals surface area contributed by atoms with Crippen LogP contribution in [0.2, 0.25) is 0 Å². The van der Waals surface area contributed by atoms with Crippen LogP contribution in [0.3, 0.4) is 0 Å². The van der Waals surface area contributed by atoms with Crippen molar-refractivity contribution in [1.82, 2.24) is 0 Å². The molecule has 0 saturated carbocycles. The van der Waals surface area contributed by atoms with E-state index in [0.29, 0.717) is 5.56 Å². The van der Waals surface area contributed by atoms with Crippen LogP contribution in [0.4, 0.5) is 18.9 Å². The molecule has 1 rings (SSSR count). The minimum atomic E-state index is -4.39. The third-order valence-electron chi connectivity index (χ3n) is 1.81. The molecule has 88 valence electrons. The van der Waals surface area contributed by atoms with E-state index in [1.165, 1.54) is 6.07 Å². The van der Waals surface area contributed by atoms with Crippen molar-refractivity contribution in [3.8, 4) is 0 Å². The van der Waals surface area contributed by atoms with Crippen LogP contribution < -0.4 is 5.32 Å². The number of rotatable bonds is 2. The highest BCUT2D eigenvalue weighted by Gasteiger charge is 2.30. The van der Waals surface area contributed by atoms with Gasteiger partial charge in [0, 0.05) is 5.69 Å². The van der Waals surface area contributed by atoms with Crippen molar-refractivity contribution in [2.45, 2.75) is 13.1 Å². The SMILES string of the molecule is Cc1cc(NC(=O)CI)cc(C(F)(F)F)c1. The van der Waals surface area contributed by atoms with Gasteiger partial charge < -0.3 is 5.32 Å². The van der Waals surface area contributed by atoms with Gasteiger partial charge in [-0.05, 0) is 30.7 Å². The van der Waals surface area contributed by atoms with E-state index in [4.69, 9.17) is 0 Å². The molecule has 16 heavy (non-hydrogen) atoms. The number of anilines is 1. The molecule has 1 N–H and O–H groups in total. The molecule has 0 aliphatic rings. The Morgan fingerprint density at radius 2 is 2.00 bits per heavy atom. The van der Waals surface area contributed by atoms with Crippen LogP contribution in [0.5, 0.6) is 0 Å². The van der Waals surface area contributed by atoms with Crippen LogP contribution in [-0.4, -0.2) is 10.3 Å². The molecular formula is C10H9F3INO. The first-order chi connectivity index (χ1) is 7.32. The largest absolute Gasteiger partial charge is 0.416 e. The molecule has 0 aliphatic carbocycles. The Bertz CT molecular complexity index is 404. The van der Waals surface area contributed by atoms with Crippen LogP contribution in [-0.2, 0) is 11.0 Å². The molecule has 1 amide bonds. The molecule has 0 radical (unpaired) electrons. The van der Waals surface area contributed by atoms with Crippen LogP contribution in [0.15, 0.2) is 18.2 Å². The standard InChI is InChI=1S/C10H9F3INO/c1-6-2-7(10(11,12)13)4-8(3-6)15-9(16)5-14/h2-4H,5H2,1H3,(H,15,16). The van der Waals surface area contributed by atoms with Crippen molar-refractivity contribution < 1.29 is 18.0 Å². The van der Waals surface area contributed by atoms with Gasteiger partial charge in [-0.1, -0.05) is 22.6 Å². The average molecular weight is 343 g/mol. The fraction of sp³-hybridized carbons (Fsp3) is 0.300. The second-order valence-corrected chi connectivity index (χ2v) is 4.03. The van der Waals surface area contributed by atoms with E-state index in [2.05, 4.69) is 5.32 Å². The fourth-order valence-corrected chi connectivity index (χ4v) is 1.40. The summed E-state index contributed by atoms with van der Waals surface area (Å²) in [5.74, 6) is -0.320. The van der Waals surface area contributed by atoms with Crippen LogP contribution in [0, 0.1) is 6.92 Å². The quantitative estimate of drug-likeness (QED) is 0.647. The van der Waals surface area contributed by atoms with Gasteiger partial charge in [0.1, 0.15) is 0 Å². The molecule has 0 fully saturated rings. The van der Waals surface area contributed by atoms with Gasteiger partial charge in [-0.2, -0.15) is 13.2 Å². The highest BCUT2D eigenvalue weighted by molar-refractivity contribution is 14.1. The van der Waals surface area contributed by atoms with E-state index in [9.17, 15) is 18.0 Å². The second-order valence-electron chi connectivity index (χ2n) is 3.27. The van der Waals surface area contributed by atoms with E-state index in [1.54, 1.807) is 6.92 Å². The number of hydrogen-bond acceptors (Lipinski definition) is 1. The minimum absolute atomic E-state index is 0.175. The average Bonchev–Trinajstić information content (AvgIpc) is 2.15. The monoisotopic (exact) mass is 343 g/mol. The molecule has 6 heteroatoms. The Hall–Kier alpha value is -0.790. The Morgan fingerprint density at radius 3 is 2.50 bits per heavy atom. The summed E-state index contributed by atoms with van der Waals surface area (Å²) in [6, 6.07) is 3.47. The number of alkyl halides is 4. The first-order valence-corrected chi connectivity index (χ1v) is 5.90. The van der Waals surface area contributed by atoms with Gasteiger partial charge in [-0.25, -0.2) is 0 Å². The zero-order valence-electron chi connectivity index (χ0n) is 8.36. The number of nitrogens with one attached hydrogen (secondary N) is 1. The molecule has 2 nitrogen and oxygen atoms in total. The zero-order valence-corrected chi connectivity index (χ0v) is 10.5. The highest BCUT2D eigenvalue weighted by Crippen LogP contribution is 2.31. The molecule has 1 aromatic rings. The summed E-state index contributed by atoms with van der Waals surface area (Å²) < 4.78 is 37.6. The van der Waals surface area contributed by atoms with Gasteiger partial charge in [-0.15, -0.1) is 0 Å². The van der Waals surface area contributed by atoms with Crippen molar-refractivity contribution in [3.63, 3.8) is 0 Å². The summed E-state index contributed by atoms with van der Waals surface area (Å²) >= 11 is 1.84. The minimum Gasteiger partial charge on any atom is -0.325 e. The van der Waals surface area contributed by atoms with E-state index >= 15 is 0 Å². The van der Waals surface area contributed by atoms with E-state index in [1.807, 2.05) is 22.6 Å². The number of aryl methyl sites for hydroxylation is 1. The Morgan fingerprint density at radius 1 is 1.38 bits per heavy atom. The fourth-order valence-electron chi connectivity index (χ4n) is 1.21. The lowest BCUT2D eigenvalue weighted by Gasteiger charge is -2.11. The Balaban J connectivity index is 3.04. The van der Waals surface area contributed by atoms with E-state index in [-0.39, 0.29) is 16.0 Å². The summed E-state index contributed by atoms with van der Waals surface area (Å²) in [6.07, 6.45) is -4.39.